The van der Waals surface area contributed by atoms with Crippen LogP contribution >= 0.6 is 46.4 Å². The van der Waals surface area contributed by atoms with Crippen molar-refractivity contribution < 1.29 is 21.6 Å². The normalized spacial score (nSPS) is 16.6. The van der Waals surface area contributed by atoms with Gasteiger partial charge in [-0.1, -0.05) is 58.5 Å². The molecule has 1 atom stereocenters. The number of hydrogen-bond donors (Lipinski definition) is 2. The minimum absolute atomic E-state index is 0.00696. The Balaban J connectivity index is 1.41. The second-order valence-electron chi connectivity index (χ2n) is 8.87. The second kappa shape index (κ2) is 12.2. The molecule has 0 aromatic heterocycles. The van der Waals surface area contributed by atoms with E-state index in [-0.39, 0.29) is 55.4 Å². The van der Waals surface area contributed by atoms with Crippen molar-refractivity contribution in [2.45, 2.75) is 23.5 Å². The Morgan fingerprint density at radius 2 is 1.49 bits per heavy atom. The number of benzene rings is 3. The molecular formula is C25H23Cl4N3O5S2. The number of halogens is 4. The fourth-order valence-corrected chi connectivity index (χ4v) is 7.94. The van der Waals surface area contributed by atoms with E-state index in [0.717, 1.165) is 0 Å². The van der Waals surface area contributed by atoms with Gasteiger partial charge in [0.2, 0.25) is 15.9 Å². The molecule has 8 nitrogen and oxygen atoms in total. The minimum Gasteiger partial charge on any atom is -0.326 e. The van der Waals surface area contributed by atoms with Crippen LogP contribution in [-0.4, -0.2) is 40.1 Å². The van der Waals surface area contributed by atoms with Crippen molar-refractivity contribution in [2.75, 3.05) is 23.1 Å². The van der Waals surface area contributed by atoms with Crippen LogP contribution in [0.3, 0.4) is 0 Å². The summed E-state index contributed by atoms with van der Waals surface area (Å²) in [6.45, 7) is 0.289. The number of hydrogen-bond acceptors (Lipinski definition) is 5. The molecule has 3 aromatic rings. The number of rotatable bonds is 8. The first-order valence-corrected chi connectivity index (χ1v) is 16.3. The maximum Gasteiger partial charge on any atom is 0.261 e. The van der Waals surface area contributed by atoms with Crippen LogP contribution in [0.5, 0.6) is 0 Å². The summed E-state index contributed by atoms with van der Waals surface area (Å²) in [5.41, 5.74) is 0.812. The average molecular weight is 651 g/mol. The van der Waals surface area contributed by atoms with Crippen LogP contribution < -0.4 is 10.0 Å². The van der Waals surface area contributed by atoms with E-state index in [1.165, 1.54) is 40.7 Å². The van der Waals surface area contributed by atoms with Crippen molar-refractivity contribution in [3.63, 3.8) is 0 Å². The number of nitrogens with one attached hydrogen (secondary N) is 2. The third-order valence-electron chi connectivity index (χ3n) is 6.16. The molecule has 0 aliphatic carbocycles. The van der Waals surface area contributed by atoms with E-state index in [1.807, 2.05) is 0 Å². The minimum atomic E-state index is -3.97. The molecule has 1 heterocycles. The number of amides is 1. The SMILES string of the molecule is O=C(Nc1ccc(S(=O)(=O)Nc2cccc(Cl)c2Cl)cc1)C1CCCN(S(=O)(=O)Cc2c(Cl)cccc2Cl)C1. The first kappa shape index (κ1) is 29.9. The second-order valence-corrected chi connectivity index (χ2v) is 14.1. The Hall–Kier alpha value is -2.05. The number of anilines is 2. The predicted octanol–water partition coefficient (Wildman–Crippen LogP) is 6.28. The molecular weight excluding hydrogens is 628 g/mol. The van der Waals surface area contributed by atoms with E-state index in [4.69, 9.17) is 46.4 Å². The van der Waals surface area contributed by atoms with Crippen LogP contribution in [0.4, 0.5) is 11.4 Å². The fourth-order valence-electron chi connectivity index (χ4n) is 4.10. The van der Waals surface area contributed by atoms with Crippen molar-refractivity contribution >= 4 is 83.7 Å². The molecule has 1 saturated heterocycles. The van der Waals surface area contributed by atoms with Crippen LogP contribution in [0.15, 0.2) is 65.6 Å². The summed E-state index contributed by atoms with van der Waals surface area (Å²) in [6.07, 6.45) is 1.00. The van der Waals surface area contributed by atoms with Crippen LogP contribution in [0, 0.1) is 5.92 Å². The van der Waals surface area contributed by atoms with Crippen molar-refractivity contribution in [1.82, 2.24) is 4.31 Å². The number of sulfonamides is 2. The van der Waals surface area contributed by atoms with Gasteiger partial charge >= 0.3 is 0 Å². The summed E-state index contributed by atoms with van der Waals surface area (Å²) in [5, 5.41) is 3.54. The molecule has 0 saturated carbocycles. The van der Waals surface area contributed by atoms with E-state index >= 15 is 0 Å². The van der Waals surface area contributed by atoms with E-state index in [0.29, 0.717) is 24.1 Å². The van der Waals surface area contributed by atoms with Gasteiger partial charge in [0.25, 0.3) is 10.0 Å². The third-order valence-corrected chi connectivity index (χ3v) is 10.8. The standard InChI is InChI=1S/C25H23Cl4N3O5S2/c26-20-5-1-6-21(27)19(20)15-38(34,35)32-13-3-4-16(14-32)25(33)30-17-9-11-18(12-10-17)39(36,37)31-23-8-2-7-22(28)24(23)29/h1-2,5-12,16,31H,3-4,13-15H2,(H,30,33). The van der Waals surface area contributed by atoms with Crippen molar-refractivity contribution in [2.24, 2.45) is 5.92 Å². The van der Waals surface area contributed by atoms with E-state index < -0.39 is 26.0 Å². The molecule has 1 aliphatic heterocycles. The molecule has 1 aliphatic rings. The maximum absolute atomic E-state index is 13.1. The third kappa shape index (κ3) is 7.18. The van der Waals surface area contributed by atoms with Crippen LogP contribution in [0.1, 0.15) is 18.4 Å². The zero-order valence-corrected chi connectivity index (χ0v) is 24.9. The zero-order chi connectivity index (χ0) is 28.4. The fraction of sp³-hybridized carbons (Fsp3) is 0.240. The van der Waals surface area contributed by atoms with E-state index in [9.17, 15) is 21.6 Å². The molecule has 208 valence electrons. The Morgan fingerprint density at radius 3 is 2.15 bits per heavy atom. The summed E-state index contributed by atoms with van der Waals surface area (Å²) in [5.74, 6) is -1.33. The van der Waals surface area contributed by atoms with Crippen molar-refractivity contribution in [3.8, 4) is 0 Å². The van der Waals surface area contributed by atoms with Crippen molar-refractivity contribution in [3.05, 3.63) is 86.3 Å². The highest BCUT2D eigenvalue weighted by Gasteiger charge is 2.33. The predicted molar refractivity (Wildman–Crippen MR) is 156 cm³/mol. The summed E-state index contributed by atoms with van der Waals surface area (Å²) in [7, 11) is -7.75. The quantitative estimate of drug-likeness (QED) is 0.298. The molecule has 1 unspecified atom stereocenters. The van der Waals surface area contributed by atoms with Gasteiger partial charge in [-0.2, -0.15) is 0 Å². The lowest BCUT2D eigenvalue weighted by molar-refractivity contribution is -0.120. The molecule has 4 rings (SSSR count). The van der Waals surface area contributed by atoms with Gasteiger partial charge in [0.1, 0.15) is 0 Å². The maximum atomic E-state index is 13.1. The lowest BCUT2D eigenvalue weighted by atomic mass is 9.99. The first-order valence-electron chi connectivity index (χ1n) is 11.7. The smallest absolute Gasteiger partial charge is 0.261 e. The molecule has 14 heteroatoms. The lowest BCUT2D eigenvalue weighted by Gasteiger charge is -2.31. The monoisotopic (exact) mass is 649 g/mol. The highest BCUT2D eigenvalue weighted by atomic mass is 35.5. The summed E-state index contributed by atoms with van der Waals surface area (Å²) in [4.78, 5) is 12.9. The molecule has 0 bridgehead atoms. The lowest BCUT2D eigenvalue weighted by Crippen LogP contribution is -2.44. The number of piperidine rings is 1. The Labute approximate surface area is 247 Å². The highest BCUT2D eigenvalue weighted by molar-refractivity contribution is 7.92. The molecule has 2 N–H and O–H groups in total. The molecule has 0 radical (unpaired) electrons. The average Bonchev–Trinajstić information content (AvgIpc) is 2.89. The summed E-state index contributed by atoms with van der Waals surface area (Å²) < 4.78 is 55.4. The topological polar surface area (TPSA) is 113 Å². The van der Waals surface area contributed by atoms with Gasteiger partial charge < -0.3 is 5.32 Å². The van der Waals surface area contributed by atoms with Gasteiger partial charge in [0, 0.05) is 34.4 Å². The molecule has 1 amide bonds. The zero-order valence-electron chi connectivity index (χ0n) is 20.2. The van der Waals surface area contributed by atoms with Gasteiger partial charge in [0.05, 0.1) is 32.3 Å². The van der Waals surface area contributed by atoms with E-state index in [1.54, 1.807) is 24.3 Å². The van der Waals surface area contributed by atoms with Gasteiger partial charge in [0.15, 0.2) is 0 Å². The van der Waals surface area contributed by atoms with Gasteiger partial charge in [-0.15, -0.1) is 0 Å². The van der Waals surface area contributed by atoms with Gasteiger partial charge in [-0.3, -0.25) is 9.52 Å². The Kier molecular flexibility index (Phi) is 9.37. The van der Waals surface area contributed by atoms with Crippen LogP contribution in [0.25, 0.3) is 0 Å². The molecule has 3 aromatic carbocycles. The van der Waals surface area contributed by atoms with Crippen molar-refractivity contribution in [1.29, 1.82) is 0 Å². The van der Waals surface area contributed by atoms with Gasteiger partial charge in [-0.25, -0.2) is 21.1 Å². The number of carbonyl (C=O) groups excluding carboxylic acids is 1. The molecule has 39 heavy (non-hydrogen) atoms. The number of carbonyl (C=O) groups is 1. The number of nitrogens with zero attached hydrogens (tertiary/aromatic N) is 1. The highest BCUT2D eigenvalue weighted by Crippen LogP contribution is 2.32. The van der Waals surface area contributed by atoms with Crippen LogP contribution in [-0.2, 0) is 30.6 Å². The van der Waals surface area contributed by atoms with Gasteiger partial charge in [-0.05, 0) is 61.4 Å². The summed E-state index contributed by atoms with van der Waals surface area (Å²) in [6, 6.07) is 14.9. The molecule has 1 fully saturated rings. The molecule has 0 spiro atoms. The van der Waals surface area contributed by atoms with E-state index in [2.05, 4.69) is 10.0 Å². The van der Waals surface area contributed by atoms with Crippen LogP contribution in [0.2, 0.25) is 20.1 Å². The largest absolute Gasteiger partial charge is 0.326 e. The Morgan fingerprint density at radius 1 is 0.872 bits per heavy atom. The summed E-state index contributed by atoms with van der Waals surface area (Å²) >= 11 is 24.3. The Bertz CT molecular complexity index is 1580. The first-order chi connectivity index (χ1) is 18.4.